The Morgan fingerprint density at radius 1 is 1.45 bits per heavy atom. The van der Waals surface area contributed by atoms with Crippen molar-refractivity contribution in [3.63, 3.8) is 0 Å². The van der Waals surface area contributed by atoms with Crippen molar-refractivity contribution in [2.75, 3.05) is 25.0 Å². The van der Waals surface area contributed by atoms with Gasteiger partial charge in [-0.05, 0) is 38.3 Å². The average Bonchev–Trinajstić information content (AvgIpc) is 3.27. The zero-order valence-corrected chi connectivity index (χ0v) is 12.4. The predicted octanol–water partition coefficient (Wildman–Crippen LogP) is 2.41. The van der Waals surface area contributed by atoms with E-state index in [1.807, 2.05) is 30.0 Å². The third-order valence-electron chi connectivity index (χ3n) is 3.56. The van der Waals surface area contributed by atoms with Crippen molar-refractivity contribution in [3.8, 4) is 0 Å². The fraction of sp³-hybridized carbons (Fsp3) is 0.562. The Labute approximate surface area is 120 Å². The van der Waals surface area contributed by atoms with E-state index in [9.17, 15) is 4.79 Å². The van der Waals surface area contributed by atoms with Crippen LogP contribution in [-0.2, 0) is 0 Å². The number of carbonyl (C=O) groups is 1. The maximum absolute atomic E-state index is 12.7. The number of anilines is 1. The number of hydrogen-bond donors (Lipinski definition) is 2. The lowest BCUT2D eigenvalue weighted by Crippen LogP contribution is -2.36. The monoisotopic (exact) mass is 276 g/mol. The van der Waals surface area contributed by atoms with Gasteiger partial charge in [0, 0.05) is 24.8 Å². The molecule has 0 bridgehead atoms. The van der Waals surface area contributed by atoms with Gasteiger partial charge in [0.2, 0.25) is 0 Å². The van der Waals surface area contributed by atoms with Crippen molar-refractivity contribution < 1.29 is 9.90 Å². The summed E-state index contributed by atoms with van der Waals surface area (Å²) in [6.07, 6.45) is 3.12. The molecule has 0 heterocycles. The largest absolute Gasteiger partial charge is 0.395 e. The molecule has 20 heavy (non-hydrogen) atoms. The van der Waals surface area contributed by atoms with Gasteiger partial charge in [0.05, 0.1) is 12.2 Å². The van der Waals surface area contributed by atoms with Crippen LogP contribution in [0.2, 0.25) is 0 Å². The second-order valence-electron chi connectivity index (χ2n) is 5.43. The summed E-state index contributed by atoms with van der Waals surface area (Å²) in [6, 6.07) is 6.24. The first-order chi connectivity index (χ1) is 9.67. The van der Waals surface area contributed by atoms with Gasteiger partial charge in [-0.2, -0.15) is 0 Å². The Morgan fingerprint density at radius 3 is 2.80 bits per heavy atom. The summed E-state index contributed by atoms with van der Waals surface area (Å²) in [5.74, 6) is 0.0313. The number of rotatable bonds is 7. The molecule has 4 heteroatoms. The Bertz CT molecular complexity index is 470. The maximum Gasteiger partial charge on any atom is 0.256 e. The summed E-state index contributed by atoms with van der Waals surface area (Å²) in [5, 5.41) is 12.5. The molecule has 4 nitrogen and oxygen atoms in total. The first kappa shape index (κ1) is 14.9. The van der Waals surface area contributed by atoms with Crippen molar-refractivity contribution in [2.24, 2.45) is 0 Å². The van der Waals surface area contributed by atoms with E-state index in [0.717, 1.165) is 42.6 Å². The van der Waals surface area contributed by atoms with E-state index in [4.69, 9.17) is 5.11 Å². The molecule has 0 spiro atoms. The Balaban J connectivity index is 2.23. The number of amides is 1. The number of aryl methyl sites for hydroxylation is 1. The van der Waals surface area contributed by atoms with Gasteiger partial charge in [-0.15, -0.1) is 0 Å². The van der Waals surface area contributed by atoms with Crippen LogP contribution in [0.5, 0.6) is 0 Å². The minimum atomic E-state index is 0.0196. The Morgan fingerprint density at radius 2 is 2.20 bits per heavy atom. The Hall–Kier alpha value is -1.55. The minimum absolute atomic E-state index is 0.0196. The van der Waals surface area contributed by atoms with Crippen molar-refractivity contribution in [1.29, 1.82) is 0 Å². The van der Waals surface area contributed by atoms with Crippen LogP contribution in [0.25, 0.3) is 0 Å². The highest BCUT2D eigenvalue weighted by Crippen LogP contribution is 2.29. The zero-order chi connectivity index (χ0) is 14.5. The van der Waals surface area contributed by atoms with E-state index in [1.165, 1.54) is 0 Å². The molecule has 1 aliphatic rings. The second-order valence-corrected chi connectivity index (χ2v) is 5.43. The number of benzene rings is 1. The number of hydrogen-bond acceptors (Lipinski definition) is 3. The van der Waals surface area contributed by atoms with Gasteiger partial charge >= 0.3 is 0 Å². The molecule has 1 fully saturated rings. The minimum Gasteiger partial charge on any atom is -0.395 e. The molecule has 2 rings (SSSR count). The number of aliphatic hydroxyl groups is 1. The second kappa shape index (κ2) is 6.75. The van der Waals surface area contributed by atoms with Crippen molar-refractivity contribution >= 4 is 11.6 Å². The van der Waals surface area contributed by atoms with Gasteiger partial charge in [0.15, 0.2) is 0 Å². The van der Waals surface area contributed by atoms with Gasteiger partial charge in [-0.25, -0.2) is 0 Å². The summed E-state index contributed by atoms with van der Waals surface area (Å²) in [7, 11) is 0. The molecule has 0 saturated heterocycles. The first-order valence-electron chi connectivity index (χ1n) is 7.43. The van der Waals surface area contributed by atoms with Gasteiger partial charge in [-0.1, -0.05) is 18.6 Å². The molecule has 0 unspecified atom stereocenters. The van der Waals surface area contributed by atoms with Crippen LogP contribution in [0.1, 0.15) is 42.1 Å². The van der Waals surface area contributed by atoms with Crippen LogP contribution < -0.4 is 5.32 Å². The quantitative estimate of drug-likeness (QED) is 0.804. The van der Waals surface area contributed by atoms with Crippen LogP contribution in [-0.4, -0.2) is 41.7 Å². The highest BCUT2D eigenvalue weighted by molar-refractivity contribution is 6.00. The molecule has 0 aliphatic heterocycles. The van der Waals surface area contributed by atoms with Crippen molar-refractivity contribution in [2.45, 2.75) is 39.2 Å². The highest BCUT2D eigenvalue weighted by Gasteiger charge is 2.33. The molecule has 1 amide bonds. The molecule has 0 radical (unpaired) electrons. The normalized spacial score (nSPS) is 14.2. The third kappa shape index (κ3) is 3.51. The van der Waals surface area contributed by atoms with E-state index in [1.54, 1.807) is 0 Å². The molecular weight excluding hydrogens is 252 g/mol. The lowest BCUT2D eigenvalue weighted by atomic mass is 10.1. The number of aliphatic hydroxyl groups excluding tert-OH is 1. The van der Waals surface area contributed by atoms with Crippen LogP contribution in [0.4, 0.5) is 5.69 Å². The van der Waals surface area contributed by atoms with Crippen molar-refractivity contribution in [1.82, 2.24) is 4.90 Å². The molecule has 0 aromatic heterocycles. The summed E-state index contributed by atoms with van der Waals surface area (Å²) in [5.41, 5.74) is 2.69. The SMILES string of the molecule is CCCNc1ccc(C)cc1C(=O)N(CCO)C1CC1. The van der Waals surface area contributed by atoms with Gasteiger partial charge < -0.3 is 15.3 Å². The van der Waals surface area contributed by atoms with E-state index >= 15 is 0 Å². The number of carbonyl (C=O) groups excluding carboxylic acids is 1. The summed E-state index contributed by atoms with van der Waals surface area (Å²) >= 11 is 0. The molecule has 2 N–H and O–H groups in total. The van der Waals surface area contributed by atoms with Crippen LogP contribution in [0.3, 0.4) is 0 Å². The lowest BCUT2D eigenvalue weighted by molar-refractivity contribution is 0.0708. The summed E-state index contributed by atoms with van der Waals surface area (Å²) < 4.78 is 0. The molecular formula is C16H24N2O2. The summed E-state index contributed by atoms with van der Waals surface area (Å²) in [4.78, 5) is 14.5. The molecule has 1 aliphatic carbocycles. The van der Waals surface area contributed by atoms with E-state index in [-0.39, 0.29) is 12.5 Å². The lowest BCUT2D eigenvalue weighted by Gasteiger charge is -2.23. The van der Waals surface area contributed by atoms with E-state index in [2.05, 4.69) is 12.2 Å². The number of nitrogens with zero attached hydrogens (tertiary/aromatic N) is 1. The maximum atomic E-state index is 12.7. The number of nitrogens with one attached hydrogen (secondary N) is 1. The van der Waals surface area contributed by atoms with Gasteiger partial charge in [0.1, 0.15) is 0 Å². The fourth-order valence-electron chi connectivity index (χ4n) is 2.35. The zero-order valence-electron chi connectivity index (χ0n) is 12.4. The molecule has 1 saturated carbocycles. The standard InChI is InChI=1S/C16H24N2O2/c1-3-8-17-15-7-4-12(2)11-14(15)16(20)18(9-10-19)13-5-6-13/h4,7,11,13,17,19H,3,5-6,8-10H2,1-2H3. The van der Waals surface area contributed by atoms with Crippen LogP contribution in [0.15, 0.2) is 18.2 Å². The molecule has 1 aromatic carbocycles. The molecule has 110 valence electrons. The van der Waals surface area contributed by atoms with Crippen molar-refractivity contribution in [3.05, 3.63) is 29.3 Å². The Kier molecular flexibility index (Phi) is 5.01. The third-order valence-corrected chi connectivity index (χ3v) is 3.56. The van der Waals surface area contributed by atoms with E-state index < -0.39 is 0 Å². The van der Waals surface area contributed by atoms with Gasteiger partial charge in [0.25, 0.3) is 5.91 Å². The average molecular weight is 276 g/mol. The fourth-order valence-corrected chi connectivity index (χ4v) is 2.35. The topological polar surface area (TPSA) is 52.6 Å². The molecule has 0 atom stereocenters. The van der Waals surface area contributed by atoms with Crippen LogP contribution >= 0.6 is 0 Å². The van der Waals surface area contributed by atoms with E-state index in [0.29, 0.717) is 12.6 Å². The predicted molar refractivity (Wildman–Crippen MR) is 81.1 cm³/mol. The van der Waals surface area contributed by atoms with Crippen LogP contribution in [0, 0.1) is 6.92 Å². The smallest absolute Gasteiger partial charge is 0.256 e. The molecule has 1 aromatic rings. The highest BCUT2D eigenvalue weighted by atomic mass is 16.3. The summed E-state index contributed by atoms with van der Waals surface area (Å²) in [6.45, 7) is 5.39. The first-order valence-corrected chi connectivity index (χ1v) is 7.43. The van der Waals surface area contributed by atoms with Gasteiger partial charge in [-0.3, -0.25) is 4.79 Å².